The normalized spacial score (nSPS) is 15.9. The Labute approximate surface area is 147 Å². The van der Waals surface area contributed by atoms with E-state index >= 15 is 0 Å². The van der Waals surface area contributed by atoms with E-state index in [0.29, 0.717) is 12.1 Å². The predicted molar refractivity (Wildman–Crippen MR) is 95.1 cm³/mol. The average molecular weight is 335 g/mol. The van der Waals surface area contributed by atoms with Crippen molar-refractivity contribution in [1.82, 2.24) is 15.4 Å². The van der Waals surface area contributed by atoms with Gasteiger partial charge in [0.1, 0.15) is 11.5 Å². The van der Waals surface area contributed by atoms with Crippen molar-refractivity contribution in [1.29, 1.82) is 0 Å². The minimum Gasteiger partial charge on any atom is -0.371 e. The second kappa shape index (κ2) is 6.59. The van der Waals surface area contributed by atoms with E-state index in [2.05, 4.69) is 39.7 Å². The van der Waals surface area contributed by atoms with E-state index in [1.54, 1.807) is 0 Å². The summed E-state index contributed by atoms with van der Waals surface area (Å²) in [7, 11) is 0. The predicted octanol–water partition coefficient (Wildman–Crippen LogP) is 2.77. The minimum absolute atomic E-state index is 0.0748. The molecule has 0 spiro atoms. The van der Waals surface area contributed by atoms with Crippen LogP contribution in [0.25, 0.3) is 0 Å². The molecular weight excluding hydrogens is 314 g/mol. The van der Waals surface area contributed by atoms with Gasteiger partial charge in [-0.2, -0.15) is 0 Å². The lowest BCUT2D eigenvalue weighted by molar-refractivity contribution is 0.0950. The van der Waals surface area contributed by atoms with Crippen LogP contribution in [0.3, 0.4) is 0 Å². The van der Waals surface area contributed by atoms with Crippen LogP contribution in [0.4, 0.5) is 0 Å². The van der Waals surface area contributed by atoms with E-state index in [1.807, 2.05) is 25.1 Å². The fourth-order valence-electron chi connectivity index (χ4n) is 3.29. The number of amides is 1. The van der Waals surface area contributed by atoms with E-state index in [1.165, 1.54) is 16.8 Å². The second-order valence-electron chi connectivity index (χ2n) is 6.53. The van der Waals surface area contributed by atoms with Gasteiger partial charge in [0.15, 0.2) is 0 Å². The van der Waals surface area contributed by atoms with Gasteiger partial charge in [0.05, 0.1) is 6.54 Å². The quantitative estimate of drug-likeness (QED) is 0.933. The number of benzene rings is 1. The number of aryl methyl sites for hydroxylation is 1. The zero-order chi connectivity index (χ0) is 17.2. The zero-order valence-corrected chi connectivity index (χ0v) is 14.3. The third-order valence-electron chi connectivity index (χ3n) is 4.78. The molecule has 0 saturated carbocycles. The van der Waals surface area contributed by atoms with Crippen molar-refractivity contribution in [2.75, 3.05) is 13.1 Å². The highest BCUT2D eigenvalue weighted by molar-refractivity contribution is 5.94. The Kier molecular flexibility index (Phi) is 4.14. The summed E-state index contributed by atoms with van der Waals surface area (Å²) < 4.78 is 5.02. The lowest BCUT2D eigenvalue weighted by atomic mass is 10.00. The first-order valence-electron chi connectivity index (χ1n) is 8.64. The topological polar surface area (TPSA) is 58.4 Å². The smallest absolute Gasteiger partial charge is 0.251 e. The van der Waals surface area contributed by atoms with Crippen LogP contribution in [-0.2, 0) is 19.4 Å². The van der Waals surface area contributed by atoms with Crippen LogP contribution in [0.1, 0.15) is 32.9 Å². The number of hydrogen-bond donors (Lipinski definition) is 1. The van der Waals surface area contributed by atoms with Crippen molar-refractivity contribution in [3.05, 3.63) is 76.3 Å². The maximum Gasteiger partial charge on any atom is 0.251 e. The van der Waals surface area contributed by atoms with Crippen molar-refractivity contribution < 1.29 is 9.32 Å². The monoisotopic (exact) mass is 335 g/mol. The highest BCUT2D eigenvalue weighted by Gasteiger charge is 2.18. The van der Waals surface area contributed by atoms with Gasteiger partial charge in [-0.25, -0.2) is 0 Å². The van der Waals surface area contributed by atoms with Crippen molar-refractivity contribution in [3.63, 3.8) is 0 Å². The number of carbonyl (C=O) groups excluding carboxylic acids is 1. The molecule has 2 aliphatic rings. The molecule has 25 heavy (non-hydrogen) atoms. The van der Waals surface area contributed by atoms with E-state index in [0.717, 1.165) is 37.4 Å². The largest absolute Gasteiger partial charge is 0.371 e. The third kappa shape index (κ3) is 3.36. The molecule has 0 bridgehead atoms. The van der Waals surface area contributed by atoms with Crippen LogP contribution in [0.15, 0.2) is 52.7 Å². The summed E-state index contributed by atoms with van der Waals surface area (Å²) >= 11 is 0. The Morgan fingerprint density at radius 1 is 1.24 bits per heavy atom. The average Bonchev–Trinajstić information content (AvgIpc) is 2.87. The van der Waals surface area contributed by atoms with Gasteiger partial charge in [-0.15, -0.1) is 0 Å². The molecule has 5 heteroatoms. The van der Waals surface area contributed by atoms with Gasteiger partial charge in [-0.3, -0.25) is 4.79 Å². The SMILES string of the molecule is Cc1cc(CNC(=O)c2ccc3c(c2)CCN(C2=CC=C2)CC3)no1. The summed E-state index contributed by atoms with van der Waals surface area (Å²) in [6.07, 6.45) is 8.36. The number of aromatic nitrogens is 1. The van der Waals surface area contributed by atoms with Gasteiger partial charge in [-0.05, 0) is 55.2 Å². The molecular formula is C20H21N3O2. The molecule has 0 fully saturated rings. The van der Waals surface area contributed by atoms with E-state index in [4.69, 9.17) is 4.52 Å². The number of rotatable bonds is 4. The van der Waals surface area contributed by atoms with E-state index < -0.39 is 0 Å². The maximum atomic E-state index is 12.4. The molecule has 1 aromatic heterocycles. The molecule has 0 radical (unpaired) electrons. The lowest BCUT2D eigenvalue weighted by Gasteiger charge is -2.26. The van der Waals surface area contributed by atoms with Crippen molar-refractivity contribution in [3.8, 4) is 0 Å². The van der Waals surface area contributed by atoms with Gasteiger partial charge in [-0.1, -0.05) is 17.3 Å². The Morgan fingerprint density at radius 3 is 2.72 bits per heavy atom. The molecule has 1 aliphatic heterocycles. The summed E-state index contributed by atoms with van der Waals surface area (Å²) in [5.74, 6) is 0.671. The van der Waals surface area contributed by atoms with Crippen LogP contribution >= 0.6 is 0 Å². The fraction of sp³-hybridized carbons (Fsp3) is 0.300. The van der Waals surface area contributed by atoms with Crippen LogP contribution in [0.2, 0.25) is 0 Å². The highest BCUT2D eigenvalue weighted by Crippen LogP contribution is 2.22. The van der Waals surface area contributed by atoms with Gasteiger partial charge in [0, 0.05) is 30.4 Å². The Morgan fingerprint density at radius 2 is 2.04 bits per heavy atom. The molecule has 0 unspecified atom stereocenters. The maximum absolute atomic E-state index is 12.4. The number of hydrogen-bond acceptors (Lipinski definition) is 4. The summed E-state index contributed by atoms with van der Waals surface area (Å²) in [4.78, 5) is 14.8. The number of nitrogens with one attached hydrogen (secondary N) is 1. The lowest BCUT2D eigenvalue weighted by Crippen LogP contribution is -2.26. The Bertz CT molecular complexity index is 864. The van der Waals surface area contributed by atoms with Gasteiger partial charge in [0.25, 0.3) is 5.91 Å². The van der Waals surface area contributed by atoms with Crippen LogP contribution in [0, 0.1) is 6.92 Å². The van der Waals surface area contributed by atoms with E-state index in [-0.39, 0.29) is 5.91 Å². The van der Waals surface area contributed by atoms with Gasteiger partial charge >= 0.3 is 0 Å². The second-order valence-corrected chi connectivity index (χ2v) is 6.53. The molecule has 0 atom stereocenters. The molecule has 0 saturated heterocycles. The zero-order valence-electron chi connectivity index (χ0n) is 14.3. The number of allylic oxidation sites excluding steroid dienone is 3. The van der Waals surface area contributed by atoms with Gasteiger partial charge in [0.2, 0.25) is 0 Å². The van der Waals surface area contributed by atoms with Crippen molar-refractivity contribution in [2.45, 2.75) is 26.3 Å². The van der Waals surface area contributed by atoms with Crippen molar-refractivity contribution >= 4 is 5.91 Å². The molecule has 1 N–H and O–H groups in total. The molecule has 5 nitrogen and oxygen atoms in total. The summed E-state index contributed by atoms with van der Waals surface area (Å²) in [5.41, 5.74) is 5.37. The number of fused-ring (bicyclic) bond motifs is 1. The third-order valence-corrected chi connectivity index (χ3v) is 4.78. The highest BCUT2D eigenvalue weighted by atomic mass is 16.5. The molecule has 1 aromatic carbocycles. The molecule has 1 aliphatic carbocycles. The first-order chi connectivity index (χ1) is 12.2. The first-order valence-corrected chi connectivity index (χ1v) is 8.64. The molecule has 1 amide bonds. The van der Waals surface area contributed by atoms with Gasteiger partial charge < -0.3 is 14.7 Å². The van der Waals surface area contributed by atoms with Crippen LogP contribution in [0.5, 0.6) is 0 Å². The fourth-order valence-corrected chi connectivity index (χ4v) is 3.29. The number of carbonyl (C=O) groups is 1. The molecule has 2 aromatic rings. The standard InChI is InChI=1S/C20H21N3O2/c1-14-11-18(22-25-14)13-21-20(24)17-6-5-15-7-9-23(19-3-2-4-19)10-8-16(15)12-17/h2-6,11-12H,7-10,13H2,1H3,(H,21,24). The summed E-state index contributed by atoms with van der Waals surface area (Å²) in [6, 6.07) is 7.88. The minimum atomic E-state index is -0.0748. The molecule has 4 rings (SSSR count). The Balaban J connectivity index is 1.42. The molecule has 128 valence electrons. The first kappa shape index (κ1) is 15.7. The number of nitrogens with zero attached hydrogens (tertiary/aromatic N) is 2. The summed E-state index contributed by atoms with van der Waals surface area (Å²) in [5, 5.41) is 6.80. The van der Waals surface area contributed by atoms with Crippen LogP contribution < -0.4 is 5.32 Å². The van der Waals surface area contributed by atoms with E-state index in [9.17, 15) is 4.79 Å². The Hall–Kier alpha value is -2.82. The van der Waals surface area contributed by atoms with Crippen molar-refractivity contribution in [2.24, 2.45) is 0 Å². The summed E-state index contributed by atoms with van der Waals surface area (Å²) in [6.45, 7) is 4.23. The van der Waals surface area contributed by atoms with Crippen LogP contribution in [-0.4, -0.2) is 29.1 Å². The molecule has 2 heterocycles.